The van der Waals surface area contributed by atoms with Crippen LogP contribution in [0.25, 0.3) is 0 Å². The summed E-state index contributed by atoms with van der Waals surface area (Å²) in [4.78, 5) is 14.5. The summed E-state index contributed by atoms with van der Waals surface area (Å²) in [7, 11) is -0.106. The van der Waals surface area contributed by atoms with Crippen LogP contribution in [-0.2, 0) is 21.4 Å². The summed E-state index contributed by atoms with van der Waals surface area (Å²) in [6.07, 6.45) is 0.609. The third-order valence-corrected chi connectivity index (χ3v) is 7.57. The predicted octanol–water partition coefficient (Wildman–Crippen LogP) is 4.70. The Bertz CT molecular complexity index is 1040. The number of hydrogen-bond acceptors (Lipinski definition) is 4. The van der Waals surface area contributed by atoms with Gasteiger partial charge in [-0.1, -0.05) is 6.92 Å². The minimum absolute atomic E-state index is 0.0343. The van der Waals surface area contributed by atoms with Gasteiger partial charge in [-0.15, -0.1) is 11.6 Å². The second kappa shape index (κ2) is 10.6. The van der Waals surface area contributed by atoms with E-state index in [0.29, 0.717) is 18.7 Å². The van der Waals surface area contributed by atoms with E-state index >= 15 is 0 Å². The highest BCUT2D eigenvalue weighted by Gasteiger charge is 2.28. The summed E-state index contributed by atoms with van der Waals surface area (Å²) < 4.78 is 41.2. The van der Waals surface area contributed by atoms with E-state index in [0.717, 1.165) is 23.4 Å². The molecule has 0 atom stereocenters. The number of amides is 1. The highest BCUT2D eigenvalue weighted by Crippen LogP contribution is 2.28. The number of nitrogens with zero attached hydrogens (tertiary/aromatic N) is 2. The summed E-state index contributed by atoms with van der Waals surface area (Å²) in [5.41, 5.74) is 1.37. The first kappa shape index (κ1) is 26.1. The van der Waals surface area contributed by atoms with Crippen molar-refractivity contribution in [2.45, 2.75) is 38.6 Å². The monoisotopic (exact) mass is 483 g/mol. The summed E-state index contributed by atoms with van der Waals surface area (Å²) in [6.45, 7) is 5.79. The van der Waals surface area contributed by atoms with Gasteiger partial charge in [0.05, 0.1) is 10.3 Å². The number of halogens is 2. The number of rotatable bonds is 10. The molecule has 0 aliphatic heterocycles. The Labute approximate surface area is 195 Å². The lowest BCUT2D eigenvalue weighted by Crippen LogP contribution is -2.33. The molecule has 0 heterocycles. The summed E-state index contributed by atoms with van der Waals surface area (Å²) in [6, 6.07) is 10.2. The zero-order valence-electron chi connectivity index (χ0n) is 19.2. The van der Waals surface area contributed by atoms with Crippen molar-refractivity contribution in [2.75, 3.05) is 36.7 Å². The molecule has 0 spiro atoms. The predicted molar refractivity (Wildman–Crippen MR) is 128 cm³/mol. The lowest BCUT2D eigenvalue weighted by molar-refractivity contribution is -0.122. The van der Waals surface area contributed by atoms with E-state index in [9.17, 15) is 17.6 Å². The largest absolute Gasteiger partial charge is 0.377 e. The fourth-order valence-electron chi connectivity index (χ4n) is 3.07. The Balaban J connectivity index is 2.43. The molecule has 0 bridgehead atoms. The van der Waals surface area contributed by atoms with Crippen LogP contribution in [0, 0.1) is 11.2 Å². The fourth-order valence-corrected chi connectivity index (χ4v) is 4.70. The molecular weight excluding hydrogens is 453 g/mol. The van der Waals surface area contributed by atoms with E-state index in [1.54, 1.807) is 26.0 Å². The zero-order valence-corrected chi connectivity index (χ0v) is 20.7. The summed E-state index contributed by atoms with van der Waals surface area (Å²) in [5.74, 6) is -0.550. The van der Waals surface area contributed by atoms with Crippen LogP contribution in [0.4, 0.5) is 15.8 Å². The summed E-state index contributed by atoms with van der Waals surface area (Å²) >= 11 is 5.91. The molecule has 1 amide bonds. The quantitative estimate of drug-likeness (QED) is 0.497. The van der Waals surface area contributed by atoms with Crippen LogP contribution in [0.3, 0.4) is 0 Å². The van der Waals surface area contributed by atoms with Crippen molar-refractivity contribution in [3.05, 3.63) is 53.8 Å². The summed E-state index contributed by atoms with van der Waals surface area (Å²) in [5, 5.41) is 2.87. The molecule has 0 unspecified atom stereocenters. The molecule has 2 aromatic rings. The second-order valence-electron chi connectivity index (χ2n) is 8.50. The standard InChI is InChI=1S/C23H31ClFN3O3S/c1-6-13-28(32(30,31)20-10-7-18(25)8-11-20)15-17-14-19(9-12-21(17)27(4)5)26-22(29)23(2,3)16-24/h7-12,14H,6,13,15-16H2,1-5H3,(H,26,29). The van der Waals surface area contributed by atoms with Crippen molar-refractivity contribution < 1.29 is 17.6 Å². The molecule has 32 heavy (non-hydrogen) atoms. The van der Waals surface area contributed by atoms with Gasteiger partial charge >= 0.3 is 0 Å². The van der Waals surface area contributed by atoms with Gasteiger partial charge < -0.3 is 10.2 Å². The minimum atomic E-state index is -3.84. The van der Waals surface area contributed by atoms with Crippen LogP contribution in [0.15, 0.2) is 47.4 Å². The number of benzene rings is 2. The number of sulfonamides is 1. The van der Waals surface area contributed by atoms with Crippen LogP contribution in [0.5, 0.6) is 0 Å². The van der Waals surface area contributed by atoms with Gasteiger partial charge in [-0.05, 0) is 68.3 Å². The lowest BCUT2D eigenvalue weighted by atomic mass is 9.95. The number of anilines is 2. The van der Waals surface area contributed by atoms with Gasteiger partial charge in [0.1, 0.15) is 5.82 Å². The normalized spacial score (nSPS) is 12.1. The number of hydrogen-bond donors (Lipinski definition) is 1. The Hall–Kier alpha value is -2.16. The third kappa shape index (κ3) is 6.21. The molecule has 2 rings (SSSR count). The van der Waals surface area contributed by atoms with E-state index in [2.05, 4.69) is 5.32 Å². The van der Waals surface area contributed by atoms with Crippen LogP contribution < -0.4 is 10.2 Å². The molecule has 0 saturated heterocycles. The maximum absolute atomic E-state index is 13.3. The number of carbonyl (C=O) groups is 1. The van der Waals surface area contributed by atoms with Gasteiger partial charge in [0.15, 0.2) is 0 Å². The molecule has 0 aliphatic carbocycles. The van der Waals surface area contributed by atoms with Gasteiger partial charge in [-0.25, -0.2) is 12.8 Å². The van der Waals surface area contributed by atoms with Crippen LogP contribution in [0.2, 0.25) is 0 Å². The Morgan fingerprint density at radius 2 is 1.75 bits per heavy atom. The van der Waals surface area contributed by atoms with Crippen molar-refractivity contribution in [2.24, 2.45) is 5.41 Å². The average Bonchev–Trinajstić information content (AvgIpc) is 2.73. The molecule has 0 aromatic heterocycles. The highest BCUT2D eigenvalue weighted by molar-refractivity contribution is 7.89. The second-order valence-corrected chi connectivity index (χ2v) is 10.7. The molecule has 0 radical (unpaired) electrons. The molecule has 6 nitrogen and oxygen atoms in total. The topological polar surface area (TPSA) is 69.7 Å². The van der Waals surface area contributed by atoms with Gasteiger partial charge in [0.25, 0.3) is 0 Å². The smallest absolute Gasteiger partial charge is 0.243 e. The van der Waals surface area contributed by atoms with E-state index in [1.807, 2.05) is 32.0 Å². The van der Waals surface area contributed by atoms with Gasteiger partial charge in [0.2, 0.25) is 15.9 Å². The average molecular weight is 484 g/mol. The molecule has 176 valence electrons. The van der Waals surface area contributed by atoms with Crippen molar-refractivity contribution in [3.63, 3.8) is 0 Å². The van der Waals surface area contributed by atoms with E-state index < -0.39 is 21.3 Å². The Morgan fingerprint density at radius 3 is 2.28 bits per heavy atom. The number of alkyl halides is 1. The first-order valence-electron chi connectivity index (χ1n) is 10.4. The SMILES string of the molecule is CCCN(Cc1cc(NC(=O)C(C)(C)CCl)ccc1N(C)C)S(=O)(=O)c1ccc(F)cc1. The van der Waals surface area contributed by atoms with E-state index in [1.165, 1.54) is 16.4 Å². The van der Waals surface area contributed by atoms with Gasteiger partial charge in [-0.3, -0.25) is 4.79 Å². The van der Waals surface area contributed by atoms with Crippen LogP contribution in [-0.4, -0.2) is 45.2 Å². The van der Waals surface area contributed by atoms with Crippen molar-refractivity contribution in [1.29, 1.82) is 0 Å². The minimum Gasteiger partial charge on any atom is -0.377 e. The maximum Gasteiger partial charge on any atom is 0.243 e. The lowest BCUT2D eigenvalue weighted by Gasteiger charge is -2.26. The third-order valence-electron chi connectivity index (χ3n) is 5.04. The van der Waals surface area contributed by atoms with Gasteiger partial charge in [-0.2, -0.15) is 4.31 Å². The van der Waals surface area contributed by atoms with Crippen molar-refractivity contribution in [1.82, 2.24) is 4.31 Å². The number of nitrogens with one attached hydrogen (secondary N) is 1. The van der Waals surface area contributed by atoms with Crippen molar-refractivity contribution in [3.8, 4) is 0 Å². The van der Waals surface area contributed by atoms with E-state index in [4.69, 9.17) is 11.6 Å². The number of carbonyl (C=O) groups excluding carboxylic acids is 1. The molecule has 1 N–H and O–H groups in total. The Kier molecular flexibility index (Phi) is 8.67. The van der Waals surface area contributed by atoms with Crippen molar-refractivity contribution >= 4 is 38.9 Å². The van der Waals surface area contributed by atoms with Crippen LogP contribution in [0.1, 0.15) is 32.8 Å². The molecular formula is C23H31ClFN3O3S. The molecule has 9 heteroatoms. The van der Waals surface area contributed by atoms with E-state index in [-0.39, 0.29) is 23.2 Å². The first-order valence-corrected chi connectivity index (χ1v) is 12.3. The fraction of sp³-hybridized carbons (Fsp3) is 0.435. The highest BCUT2D eigenvalue weighted by atomic mass is 35.5. The van der Waals surface area contributed by atoms with Gasteiger partial charge in [0, 0.05) is 44.4 Å². The molecule has 2 aromatic carbocycles. The first-order chi connectivity index (χ1) is 14.9. The van der Waals surface area contributed by atoms with Crippen LogP contribution >= 0.6 is 11.6 Å². The molecule has 0 fully saturated rings. The molecule has 0 aliphatic rings. The molecule has 0 saturated carbocycles. The Morgan fingerprint density at radius 1 is 1.12 bits per heavy atom. The zero-order chi connectivity index (χ0) is 24.1. The maximum atomic E-state index is 13.3.